The molecular weight excluding hydrogens is 290 g/mol. The van der Waals surface area contributed by atoms with E-state index >= 15 is 0 Å². The molecule has 1 heterocycles. The monoisotopic (exact) mass is 311 g/mol. The van der Waals surface area contributed by atoms with E-state index in [1.54, 1.807) is 11.3 Å². The smallest absolute Gasteiger partial charge is 0.270 e. The summed E-state index contributed by atoms with van der Waals surface area (Å²) in [7, 11) is 0. The Labute approximate surface area is 129 Å². The van der Waals surface area contributed by atoms with Gasteiger partial charge in [0.1, 0.15) is 0 Å². The van der Waals surface area contributed by atoms with Crippen LogP contribution in [0.4, 0.5) is 0 Å². The van der Waals surface area contributed by atoms with Crippen LogP contribution in [-0.4, -0.2) is 17.6 Å². The van der Waals surface area contributed by atoms with Crippen LogP contribution in [0.25, 0.3) is 0 Å². The van der Waals surface area contributed by atoms with Crippen molar-refractivity contribution in [2.75, 3.05) is 6.54 Å². The lowest BCUT2D eigenvalue weighted by Gasteiger charge is -2.19. The maximum atomic E-state index is 12.2. The van der Waals surface area contributed by atoms with Gasteiger partial charge in [0.15, 0.2) is 5.11 Å². The summed E-state index contributed by atoms with van der Waals surface area (Å²) in [6.07, 6.45) is 4.25. The Balaban J connectivity index is 1.92. The fourth-order valence-corrected chi connectivity index (χ4v) is 3.73. The number of thiophene rings is 1. The third-order valence-corrected chi connectivity index (χ3v) is 4.77. The minimum atomic E-state index is -0.0994. The molecule has 20 heavy (non-hydrogen) atoms. The van der Waals surface area contributed by atoms with E-state index in [1.165, 1.54) is 10.4 Å². The van der Waals surface area contributed by atoms with Crippen molar-refractivity contribution in [3.63, 3.8) is 0 Å². The van der Waals surface area contributed by atoms with Crippen molar-refractivity contribution in [3.8, 4) is 0 Å². The number of amides is 1. The summed E-state index contributed by atoms with van der Waals surface area (Å²) in [4.78, 5) is 13.5. The summed E-state index contributed by atoms with van der Waals surface area (Å²) in [6.45, 7) is 5.13. The van der Waals surface area contributed by atoms with Gasteiger partial charge in [-0.1, -0.05) is 13.8 Å². The summed E-state index contributed by atoms with van der Waals surface area (Å²) in [5.41, 5.74) is 7.43. The van der Waals surface area contributed by atoms with Crippen molar-refractivity contribution in [1.29, 1.82) is 0 Å². The van der Waals surface area contributed by atoms with Crippen LogP contribution in [0.2, 0.25) is 0 Å². The molecule has 0 fully saturated rings. The largest absolute Gasteiger partial charge is 0.361 e. The molecule has 2 rings (SSSR count). The number of thiocarbonyl (C=S) groups is 1. The highest BCUT2D eigenvalue weighted by atomic mass is 32.1. The Kier molecular flexibility index (Phi) is 5.37. The van der Waals surface area contributed by atoms with Gasteiger partial charge in [-0.3, -0.25) is 15.6 Å². The molecule has 6 heteroatoms. The molecule has 0 aliphatic heterocycles. The van der Waals surface area contributed by atoms with Gasteiger partial charge in [0.05, 0.1) is 5.56 Å². The van der Waals surface area contributed by atoms with Gasteiger partial charge in [-0.2, -0.15) is 0 Å². The summed E-state index contributed by atoms with van der Waals surface area (Å²) in [5, 5.41) is 5.43. The first-order chi connectivity index (χ1) is 9.61. The fraction of sp³-hybridized carbons (Fsp3) is 0.571. The molecule has 1 aliphatic rings. The molecule has 0 bridgehead atoms. The van der Waals surface area contributed by atoms with Gasteiger partial charge in [-0.15, -0.1) is 11.3 Å². The lowest BCUT2D eigenvalue weighted by molar-refractivity contribution is 0.0943. The third-order valence-electron chi connectivity index (χ3n) is 3.47. The van der Waals surface area contributed by atoms with Gasteiger partial charge in [0.2, 0.25) is 0 Å². The Morgan fingerprint density at radius 2 is 2.30 bits per heavy atom. The molecule has 0 spiro atoms. The van der Waals surface area contributed by atoms with Crippen molar-refractivity contribution in [1.82, 2.24) is 16.2 Å². The summed E-state index contributed by atoms with van der Waals surface area (Å²) in [5.74, 6) is 0.624. The maximum absolute atomic E-state index is 12.2. The molecule has 0 aromatic carbocycles. The molecule has 1 aliphatic carbocycles. The topological polar surface area (TPSA) is 53.2 Å². The van der Waals surface area contributed by atoms with E-state index in [0.29, 0.717) is 5.11 Å². The lowest BCUT2D eigenvalue weighted by atomic mass is 9.88. The van der Waals surface area contributed by atoms with E-state index in [-0.39, 0.29) is 5.91 Å². The maximum Gasteiger partial charge on any atom is 0.270 e. The molecule has 0 saturated heterocycles. The molecule has 1 aromatic rings. The quantitative estimate of drug-likeness (QED) is 0.593. The molecule has 110 valence electrons. The second-order valence-electron chi connectivity index (χ2n) is 5.23. The molecule has 1 atom stereocenters. The lowest BCUT2D eigenvalue weighted by Crippen LogP contribution is -2.47. The van der Waals surface area contributed by atoms with E-state index in [0.717, 1.165) is 43.7 Å². The van der Waals surface area contributed by atoms with Crippen molar-refractivity contribution in [2.24, 2.45) is 5.92 Å². The normalized spacial score (nSPS) is 17.2. The van der Waals surface area contributed by atoms with Crippen molar-refractivity contribution in [2.45, 2.75) is 39.5 Å². The Morgan fingerprint density at radius 3 is 3.05 bits per heavy atom. The van der Waals surface area contributed by atoms with Gasteiger partial charge >= 0.3 is 0 Å². The van der Waals surface area contributed by atoms with Gasteiger partial charge in [-0.25, -0.2) is 0 Å². The van der Waals surface area contributed by atoms with Crippen molar-refractivity contribution >= 4 is 34.6 Å². The number of carbonyl (C=O) groups excluding carboxylic acids is 1. The predicted molar refractivity (Wildman–Crippen MR) is 87.0 cm³/mol. The molecular formula is C14H21N3OS2. The Hall–Kier alpha value is -1.14. The highest BCUT2D eigenvalue weighted by Crippen LogP contribution is 2.32. The molecule has 4 nitrogen and oxygen atoms in total. The molecule has 0 radical (unpaired) electrons. The van der Waals surface area contributed by atoms with Crippen LogP contribution in [0.15, 0.2) is 5.38 Å². The Bertz CT molecular complexity index is 499. The summed E-state index contributed by atoms with van der Waals surface area (Å²) in [6, 6.07) is 0. The summed E-state index contributed by atoms with van der Waals surface area (Å²) < 4.78 is 0. The van der Waals surface area contributed by atoms with Crippen LogP contribution >= 0.6 is 23.6 Å². The standard InChI is InChI=1S/C14H21N3OS2/c1-3-6-15-14(19)17-16-13(18)11-8-20-12-7-9(2)4-5-10(11)12/h8-9H,3-7H2,1-2H3,(H,16,18)(H2,15,17,19)/t9-/m1/s1. The first-order valence-electron chi connectivity index (χ1n) is 7.05. The van der Waals surface area contributed by atoms with Gasteiger partial charge in [-0.05, 0) is 49.4 Å². The first kappa shape index (κ1) is 15.3. The molecule has 0 saturated carbocycles. The van der Waals surface area contributed by atoms with Gasteiger partial charge in [0, 0.05) is 16.8 Å². The van der Waals surface area contributed by atoms with E-state index < -0.39 is 0 Å². The molecule has 0 unspecified atom stereocenters. The van der Waals surface area contributed by atoms with Gasteiger partial charge in [0.25, 0.3) is 5.91 Å². The van der Waals surface area contributed by atoms with Crippen LogP contribution in [0.1, 0.15) is 47.5 Å². The van der Waals surface area contributed by atoms with Gasteiger partial charge < -0.3 is 5.32 Å². The van der Waals surface area contributed by atoms with Crippen molar-refractivity contribution in [3.05, 3.63) is 21.4 Å². The van der Waals surface area contributed by atoms with Crippen LogP contribution in [0.5, 0.6) is 0 Å². The first-order valence-corrected chi connectivity index (χ1v) is 8.34. The number of nitrogens with one attached hydrogen (secondary N) is 3. The highest BCUT2D eigenvalue weighted by Gasteiger charge is 2.23. The zero-order valence-corrected chi connectivity index (χ0v) is 13.5. The number of rotatable bonds is 3. The molecule has 1 aromatic heterocycles. The van der Waals surface area contributed by atoms with Crippen LogP contribution in [0.3, 0.4) is 0 Å². The second-order valence-corrected chi connectivity index (χ2v) is 6.61. The van der Waals surface area contributed by atoms with Crippen LogP contribution in [0, 0.1) is 5.92 Å². The SMILES string of the molecule is CCCNC(=S)NNC(=O)c1csc2c1CC[C@@H](C)C2. The van der Waals surface area contributed by atoms with Crippen molar-refractivity contribution < 1.29 is 4.79 Å². The third kappa shape index (κ3) is 3.70. The van der Waals surface area contributed by atoms with Crippen LogP contribution < -0.4 is 16.2 Å². The number of hydrazine groups is 1. The highest BCUT2D eigenvalue weighted by molar-refractivity contribution is 7.80. The Morgan fingerprint density at radius 1 is 1.50 bits per heavy atom. The average Bonchev–Trinajstić information content (AvgIpc) is 2.85. The fourth-order valence-electron chi connectivity index (χ4n) is 2.33. The van der Waals surface area contributed by atoms with E-state index in [4.69, 9.17) is 12.2 Å². The van der Waals surface area contributed by atoms with E-state index in [2.05, 4.69) is 30.0 Å². The molecule has 3 N–H and O–H groups in total. The zero-order valence-electron chi connectivity index (χ0n) is 11.9. The summed E-state index contributed by atoms with van der Waals surface area (Å²) >= 11 is 6.76. The zero-order chi connectivity index (χ0) is 14.5. The predicted octanol–water partition coefficient (Wildman–Crippen LogP) is 2.39. The number of fused-ring (bicyclic) bond motifs is 1. The minimum absolute atomic E-state index is 0.0994. The number of hydrogen-bond donors (Lipinski definition) is 3. The average molecular weight is 311 g/mol. The minimum Gasteiger partial charge on any atom is -0.361 e. The van der Waals surface area contributed by atoms with E-state index in [9.17, 15) is 4.79 Å². The van der Waals surface area contributed by atoms with E-state index in [1.807, 2.05) is 5.38 Å². The van der Waals surface area contributed by atoms with Crippen LogP contribution in [-0.2, 0) is 12.8 Å². The second kappa shape index (κ2) is 7.04. The number of hydrogen-bond acceptors (Lipinski definition) is 3. The number of carbonyl (C=O) groups is 1. The molecule has 1 amide bonds.